The Kier molecular flexibility index (Phi) is 3.15. The molecule has 0 aromatic rings. The molecule has 5 heteroatoms. The molecule has 0 aliphatic heterocycles. The predicted octanol–water partition coefficient (Wildman–Crippen LogP) is -1.87. The summed E-state index contributed by atoms with van der Waals surface area (Å²) in [5.74, 6) is -1.27. The van der Waals surface area contributed by atoms with Gasteiger partial charge in [0.2, 0.25) is 0 Å². The molecule has 0 radical (unpaired) electrons. The van der Waals surface area contributed by atoms with Crippen LogP contribution in [0.15, 0.2) is 0 Å². The second-order valence-electron chi connectivity index (χ2n) is 1.58. The summed E-state index contributed by atoms with van der Waals surface area (Å²) < 4.78 is 0. The van der Waals surface area contributed by atoms with Crippen molar-refractivity contribution >= 4 is 5.97 Å². The average Bonchev–Trinajstić information content (AvgIpc) is 1.63. The summed E-state index contributed by atoms with van der Waals surface area (Å²) in [7, 11) is 0. The van der Waals surface area contributed by atoms with E-state index in [-0.39, 0.29) is 0 Å². The van der Waals surface area contributed by atoms with Crippen molar-refractivity contribution in [3.8, 4) is 0 Å². The molecule has 0 heterocycles. The van der Waals surface area contributed by atoms with Gasteiger partial charge < -0.3 is 20.4 Å². The molecule has 0 aliphatic carbocycles. The monoisotopic (exact) mass is 136 g/mol. The van der Waals surface area contributed by atoms with Crippen molar-refractivity contribution in [3.63, 3.8) is 0 Å². The summed E-state index contributed by atoms with van der Waals surface area (Å²) in [6.07, 6.45) is -4.22. The van der Waals surface area contributed by atoms with Crippen molar-refractivity contribution in [2.45, 2.75) is 18.8 Å². The van der Waals surface area contributed by atoms with Crippen molar-refractivity contribution < 1.29 is 25.2 Å². The number of hydrogen-bond acceptors (Lipinski definition) is 4. The van der Waals surface area contributed by atoms with Gasteiger partial charge in [-0.15, -0.1) is 0 Å². The zero-order valence-electron chi connectivity index (χ0n) is 4.56. The second-order valence-corrected chi connectivity index (χ2v) is 1.58. The van der Waals surface area contributed by atoms with Crippen molar-refractivity contribution in [1.29, 1.82) is 0 Å². The molecule has 0 aromatic heterocycles. The first kappa shape index (κ1) is 8.35. The summed E-state index contributed by atoms with van der Waals surface area (Å²) in [5.41, 5.74) is 0. The van der Waals surface area contributed by atoms with Crippen LogP contribution in [-0.2, 0) is 4.79 Å². The molecular formula is C4H8O5. The Bertz CT molecular complexity index is 99.1. The van der Waals surface area contributed by atoms with E-state index in [1.54, 1.807) is 0 Å². The Balaban J connectivity index is 3.50. The van der Waals surface area contributed by atoms with Gasteiger partial charge in [0, 0.05) is 0 Å². The molecule has 1 atom stereocenters. The SMILES string of the molecule is O=C(O)C[C@@H](O)C(O)O. The Morgan fingerprint density at radius 3 is 1.89 bits per heavy atom. The van der Waals surface area contributed by atoms with Crippen LogP contribution in [0.2, 0.25) is 0 Å². The molecule has 0 saturated heterocycles. The number of rotatable bonds is 3. The quantitative estimate of drug-likeness (QED) is 0.341. The van der Waals surface area contributed by atoms with Crippen LogP contribution in [-0.4, -0.2) is 38.8 Å². The third-order valence-electron chi connectivity index (χ3n) is 0.728. The molecule has 0 fully saturated rings. The van der Waals surface area contributed by atoms with Gasteiger partial charge >= 0.3 is 5.97 Å². The lowest BCUT2D eigenvalue weighted by Crippen LogP contribution is -2.27. The Morgan fingerprint density at radius 2 is 1.78 bits per heavy atom. The van der Waals surface area contributed by atoms with Crippen LogP contribution >= 0.6 is 0 Å². The number of aliphatic hydroxyl groups excluding tert-OH is 2. The van der Waals surface area contributed by atoms with Crippen molar-refractivity contribution in [3.05, 3.63) is 0 Å². The minimum atomic E-state index is -1.97. The molecule has 5 nitrogen and oxygen atoms in total. The fourth-order valence-corrected chi connectivity index (χ4v) is 0.284. The number of carboxylic acids is 1. The van der Waals surface area contributed by atoms with Gasteiger partial charge in [0.25, 0.3) is 0 Å². The van der Waals surface area contributed by atoms with Crippen molar-refractivity contribution in [1.82, 2.24) is 0 Å². The summed E-state index contributed by atoms with van der Waals surface area (Å²) in [4.78, 5) is 9.73. The second kappa shape index (κ2) is 3.39. The van der Waals surface area contributed by atoms with E-state index in [0.717, 1.165) is 0 Å². The van der Waals surface area contributed by atoms with E-state index in [1.165, 1.54) is 0 Å². The molecule has 0 saturated carbocycles. The minimum absolute atomic E-state index is 0.655. The molecule has 9 heavy (non-hydrogen) atoms. The first-order valence-electron chi connectivity index (χ1n) is 2.30. The van der Waals surface area contributed by atoms with E-state index in [1.807, 2.05) is 0 Å². The largest absolute Gasteiger partial charge is 0.481 e. The fraction of sp³-hybridized carbons (Fsp3) is 0.750. The van der Waals surface area contributed by atoms with Gasteiger partial charge in [-0.25, -0.2) is 0 Å². The molecule has 0 amide bonds. The van der Waals surface area contributed by atoms with Crippen LogP contribution < -0.4 is 0 Å². The van der Waals surface area contributed by atoms with Crippen LogP contribution in [0.3, 0.4) is 0 Å². The summed E-state index contributed by atoms with van der Waals surface area (Å²) in [6.45, 7) is 0. The highest BCUT2D eigenvalue weighted by Crippen LogP contribution is 1.94. The normalized spacial score (nSPS) is 13.8. The van der Waals surface area contributed by atoms with E-state index < -0.39 is 24.8 Å². The highest BCUT2D eigenvalue weighted by atomic mass is 16.5. The smallest absolute Gasteiger partial charge is 0.306 e. The lowest BCUT2D eigenvalue weighted by molar-refractivity contribution is -0.153. The lowest BCUT2D eigenvalue weighted by atomic mass is 10.2. The molecule has 0 unspecified atom stereocenters. The minimum Gasteiger partial charge on any atom is -0.481 e. The number of carboxylic acid groups (broad SMARTS) is 1. The van der Waals surface area contributed by atoms with Crippen LogP contribution in [0.4, 0.5) is 0 Å². The van der Waals surface area contributed by atoms with Crippen molar-refractivity contribution in [2.24, 2.45) is 0 Å². The topological polar surface area (TPSA) is 98.0 Å². The van der Waals surface area contributed by atoms with E-state index in [4.69, 9.17) is 20.4 Å². The molecular weight excluding hydrogens is 128 g/mol. The first-order valence-corrected chi connectivity index (χ1v) is 2.30. The van der Waals surface area contributed by atoms with Crippen LogP contribution in [0.5, 0.6) is 0 Å². The number of aliphatic carboxylic acids is 1. The Morgan fingerprint density at radius 1 is 1.33 bits per heavy atom. The maximum atomic E-state index is 9.73. The highest BCUT2D eigenvalue weighted by molar-refractivity contribution is 5.67. The van der Waals surface area contributed by atoms with E-state index in [9.17, 15) is 4.79 Å². The van der Waals surface area contributed by atoms with Gasteiger partial charge in [0.05, 0.1) is 6.42 Å². The molecule has 0 aromatic carbocycles. The van der Waals surface area contributed by atoms with Crippen LogP contribution in [0.25, 0.3) is 0 Å². The molecule has 0 spiro atoms. The fourth-order valence-electron chi connectivity index (χ4n) is 0.284. The van der Waals surface area contributed by atoms with Crippen LogP contribution in [0, 0.1) is 0 Å². The van der Waals surface area contributed by atoms with Gasteiger partial charge in [-0.1, -0.05) is 0 Å². The van der Waals surface area contributed by atoms with Gasteiger partial charge in [0.1, 0.15) is 6.10 Å². The van der Waals surface area contributed by atoms with Crippen molar-refractivity contribution in [2.75, 3.05) is 0 Å². The molecule has 0 bridgehead atoms. The van der Waals surface area contributed by atoms with E-state index >= 15 is 0 Å². The molecule has 0 rings (SSSR count). The summed E-state index contributed by atoms with van der Waals surface area (Å²) in [5, 5.41) is 32.6. The maximum Gasteiger partial charge on any atom is 0.306 e. The predicted molar refractivity (Wildman–Crippen MR) is 26.5 cm³/mol. The number of carbonyl (C=O) groups is 1. The highest BCUT2D eigenvalue weighted by Gasteiger charge is 2.15. The Hall–Kier alpha value is -0.650. The first-order chi connectivity index (χ1) is 4.04. The average molecular weight is 136 g/mol. The third kappa shape index (κ3) is 3.89. The lowest BCUT2D eigenvalue weighted by Gasteiger charge is -2.08. The summed E-state index contributed by atoms with van der Waals surface area (Å²) >= 11 is 0. The summed E-state index contributed by atoms with van der Waals surface area (Å²) in [6, 6.07) is 0. The maximum absolute atomic E-state index is 9.73. The van der Waals surface area contributed by atoms with Gasteiger partial charge in [0.15, 0.2) is 6.29 Å². The number of aliphatic hydroxyl groups is 3. The van der Waals surface area contributed by atoms with E-state index in [0.29, 0.717) is 0 Å². The number of hydrogen-bond donors (Lipinski definition) is 4. The Labute approximate surface area is 51.2 Å². The van der Waals surface area contributed by atoms with E-state index in [2.05, 4.69) is 0 Å². The zero-order chi connectivity index (χ0) is 7.44. The van der Waals surface area contributed by atoms with Gasteiger partial charge in [-0.05, 0) is 0 Å². The molecule has 0 aliphatic rings. The van der Waals surface area contributed by atoms with Gasteiger partial charge in [-0.2, -0.15) is 0 Å². The third-order valence-corrected chi connectivity index (χ3v) is 0.728. The molecule has 4 N–H and O–H groups in total. The van der Waals surface area contributed by atoms with Gasteiger partial charge in [-0.3, -0.25) is 4.79 Å². The zero-order valence-corrected chi connectivity index (χ0v) is 4.56. The molecule has 54 valence electrons. The standard InChI is InChI=1S/C4H8O5/c5-2(4(8)9)1-3(6)7/h2,4-5,8-9H,1H2,(H,6,7)/t2-/m1/s1. The van der Waals surface area contributed by atoms with Crippen LogP contribution in [0.1, 0.15) is 6.42 Å².